The molecule has 0 atom stereocenters. The highest BCUT2D eigenvalue weighted by atomic mass is 32.2. The molecule has 72 valence electrons. The van der Waals surface area contributed by atoms with Gasteiger partial charge in [-0.15, -0.1) is 0 Å². The Kier molecular flexibility index (Phi) is 2.87. The molecule has 5 heteroatoms. The Morgan fingerprint density at radius 2 is 1.85 bits per heavy atom. The van der Waals surface area contributed by atoms with E-state index in [1.807, 2.05) is 0 Å². The molecule has 0 heterocycles. The third-order valence-corrected chi connectivity index (χ3v) is 2.30. The lowest BCUT2D eigenvalue weighted by atomic mass is 10.2. The average Bonchev–Trinajstić information content (AvgIpc) is 2.03. The second-order valence-corrected chi connectivity index (χ2v) is 4.93. The van der Waals surface area contributed by atoms with Crippen LogP contribution in [0.2, 0.25) is 0 Å². The fraction of sp³-hybridized carbons (Fsp3) is 0.250. The quantitative estimate of drug-likeness (QED) is 0.749. The number of benzene rings is 1. The monoisotopic (exact) mass is 204 g/mol. The summed E-state index contributed by atoms with van der Waals surface area (Å²) in [5.74, 6) is 0.0248. The van der Waals surface area contributed by atoms with E-state index in [1.54, 1.807) is 0 Å². The lowest BCUT2D eigenvalue weighted by Crippen LogP contribution is -2.00. The lowest BCUT2D eigenvalue weighted by molar-refractivity contribution is -0.00621. The molecule has 0 spiro atoms. The smallest absolute Gasteiger partial charge is 0.171 e. The van der Waals surface area contributed by atoms with Crippen LogP contribution in [0.15, 0.2) is 24.3 Å². The summed E-state index contributed by atoms with van der Waals surface area (Å²) in [5, 5.41) is 0. The molecule has 0 aromatic heterocycles. The van der Waals surface area contributed by atoms with E-state index in [1.165, 1.54) is 24.3 Å². The van der Waals surface area contributed by atoms with Gasteiger partial charge in [-0.3, -0.25) is 4.94 Å². The Labute approximate surface area is 76.0 Å². The van der Waals surface area contributed by atoms with Crippen molar-refractivity contribution in [3.8, 4) is 5.75 Å². The molecule has 0 bridgehead atoms. The molecule has 3 nitrogen and oxygen atoms in total. The van der Waals surface area contributed by atoms with E-state index in [0.29, 0.717) is 5.56 Å². The standard InChI is InChI=1S/C8H9FO3S/c1-13(10,11)6-7-2-4-8(12-9)5-3-7/h2-5H,6H2,1H3. The molecule has 0 amide bonds. The molecule has 0 unspecified atom stereocenters. The predicted molar refractivity (Wildman–Crippen MR) is 46.7 cm³/mol. The second-order valence-electron chi connectivity index (χ2n) is 2.79. The van der Waals surface area contributed by atoms with Gasteiger partial charge in [-0.2, -0.15) is 0 Å². The zero-order valence-electron chi connectivity index (χ0n) is 7.03. The van der Waals surface area contributed by atoms with E-state index in [4.69, 9.17) is 0 Å². The van der Waals surface area contributed by atoms with Crippen LogP contribution in [0, 0.1) is 0 Å². The predicted octanol–water partition coefficient (Wildman–Crippen LogP) is 1.49. The van der Waals surface area contributed by atoms with Gasteiger partial charge in [0.05, 0.1) is 5.75 Å². The third kappa shape index (κ3) is 3.42. The Bertz CT molecular complexity index is 369. The van der Waals surface area contributed by atoms with Crippen molar-refractivity contribution >= 4 is 9.84 Å². The molecular formula is C8H9FO3S. The first-order valence-corrected chi connectivity index (χ1v) is 5.62. The average molecular weight is 204 g/mol. The van der Waals surface area contributed by atoms with Crippen LogP contribution in [0.1, 0.15) is 5.56 Å². The molecule has 0 fully saturated rings. The molecular weight excluding hydrogens is 195 g/mol. The number of hydrogen-bond acceptors (Lipinski definition) is 3. The van der Waals surface area contributed by atoms with Crippen molar-refractivity contribution in [2.75, 3.05) is 6.26 Å². The molecule has 1 aromatic carbocycles. The normalized spacial score (nSPS) is 11.2. The minimum atomic E-state index is -3.03. The van der Waals surface area contributed by atoms with Gasteiger partial charge in [-0.1, -0.05) is 12.1 Å². The maximum absolute atomic E-state index is 11.6. The van der Waals surface area contributed by atoms with Crippen LogP contribution in [0.3, 0.4) is 0 Å². The van der Waals surface area contributed by atoms with Crippen LogP contribution in [0.4, 0.5) is 4.53 Å². The number of rotatable bonds is 3. The molecule has 0 radical (unpaired) electrons. The Morgan fingerprint density at radius 1 is 1.31 bits per heavy atom. The van der Waals surface area contributed by atoms with Crippen molar-refractivity contribution in [1.29, 1.82) is 0 Å². The summed E-state index contributed by atoms with van der Waals surface area (Å²) in [6, 6.07) is 5.77. The Balaban J connectivity index is 2.81. The largest absolute Gasteiger partial charge is 0.294 e. The van der Waals surface area contributed by atoms with E-state index in [9.17, 15) is 12.9 Å². The molecule has 1 rings (SSSR count). The Morgan fingerprint density at radius 3 is 2.23 bits per heavy atom. The fourth-order valence-corrected chi connectivity index (χ4v) is 1.74. The van der Waals surface area contributed by atoms with Crippen molar-refractivity contribution in [2.24, 2.45) is 0 Å². The summed E-state index contributed by atoms with van der Waals surface area (Å²) in [6.45, 7) is 0. The van der Waals surface area contributed by atoms with Crippen molar-refractivity contribution in [2.45, 2.75) is 5.75 Å². The van der Waals surface area contributed by atoms with Crippen molar-refractivity contribution < 1.29 is 17.9 Å². The van der Waals surface area contributed by atoms with E-state index in [2.05, 4.69) is 4.94 Å². The van der Waals surface area contributed by atoms with Gasteiger partial charge in [0.1, 0.15) is 0 Å². The second kappa shape index (κ2) is 3.74. The van der Waals surface area contributed by atoms with Gasteiger partial charge in [0.25, 0.3) is 0 Å². The molecule has 0 aliphatic heterocycles. The fourth-order valence-electron chi connectivity index (χ4n) is 0.940. The molecule has 0 aliphatic carbocycles. The highest BCUT2D eigenvalue weighted by molar-refractivity contribution is 7.89. The maximum Gasteiger partial charge on any atom is 0.171 e. The minimum absolute atomic E-state index is 0.0421. The zero-order valence-corrected chi connectivity index (χ0v) is 7.84. The zero-order chi connectivity index (χ0) is 9.90. The van der Waals surface area contributed by atoms with Gasteiger partial charge in [0, 0.05) is 10.8 Å². The maximum atomic E-state index is 11.6. The summed E-state index contributed by atoms with van der Waals surface area (Å²) in [4.78, 5) is 3.45. The van der Waals surface area contributed by atoms with E-state index in [0.717, 1.165) is 6.26 Å². The first kappa shape index (κ1) is 9.98. The van der Waals surface area contributed by atoms with Crippen LogP contribution in [-0.2, 0) is 15.6 Å². The van der Waals surface area contributed by atoms with Gasteiger partial charge in [0.15, 0.2) is 15.6 Å². The Hall–Kier alpha value is -1.10. The topological polar surface area (TPSA) is 43.4 Å². The number of hydrogen-bond donors (Lipinski definition) is 0. The number of sulfone groups is 1. The van der Waals surface area contributed by atoms with Gasteiger partial charge in [0.2, 0.25) is 0 Å². The molecule has 1 aromatic rings. The van der Waals surface area contributed by atoms with Crippen molar-refractivity contribution in [1.82, 2.24) is 0 Å². The highest BCUT2D eigenvalue weighted by Crippen LogP contribution is 2.13. The summed E-state index contributed by atoms with van der Waals surface area (Å²) in [7, 11) is -3.03. The van der Waals surface area contributed by atoms with Crippen LogP contribution in [0.25, 0.3) is 0 Å². The molecule has 13 heavy (non-hydrogen) atoms. The van der Waals surface area contributed by atoms with E-state index >= 15 is 0 Å². The van der Waals surface area contributed by atoms with Gasteiger partial charge in [-0.05, 0) is 17.7 Å². The SMILES string of the molecule is CS(=O)(=O)Cc1ccc(OF)cc1. The van der Waals surface area contributed by atoms with Crippen molar-refractivity contribution in [3.63, 3.8) is 0 Å². The molecule has 0 saturated heterocycles. The summed E-state index contributed by atoms with van der Waals surface area (Å²) in [5.41, 5.74) is 0.614. The first-order valence-electron chi connectivity index (χ1n) is 3.56. The minimum Gasteiger partial charge on any atom is -0.294 e. The van der Waals surface area contributed by atoms with Gasteiger partial charge >= 0.3 is 0 Å². The lowest BCUT2D eigenvalue weighted by Gasteiger charge is -1.99. The van der Waals surface area contributed by atoms with E-state index < -0.39 is 9.84 Å². The van der Waals surface area contributed by atoms with Crippen LogP contribution in [-0.4, -0.2) is 14.7 Å². The third-order valence-electron chi connectivity index (χ3n) is 1.44. The van der Waals surface area contributed by atoms with Crippen LogP contribution in [0.5, 0.6) is 5.75 Å². The highest BCUT2D eigenvalue weighted by Gasteiger charge is 2.04. The molecule has 0 aliphatic rings. The van der Waals surface area contributed by atoms with Gasteiger partial charge in [-0.25, -0.2) is 8.42 Å². The van der Waals surface area contributed by atoms with Crippen LogP contribution < -0.4 is 4.94 Å². The van der Waals surface area contributed by atoms with E-state index in [-0.39, 0.29) is 11.5 Å². The van der Waals surface area contributed by atoms with Gasteiger partial charge < -0.3 is 0 Å². The van der Waals surface area contributed by atoms with Crippen LogP contribution >= 0.6 is 0 Å². The molecule has 0 N–H and O–H groups in total. The molecule has 0 saturated carbocycles. The van der Waals surface area contributed by atoms with Crippen molar-refractivity contribution in [3.05, 3.63) is 29.8 Å². The summed E-state index contributed by atoms with van der Waals surface area (Å²) >= 11 is 0. The number of halogens is 1. The summed E-state index contributed by atoms with van der Waals surface area (Å²) < 4.78 is 33.3. The summed E-state index contributed by atoms with van der Waals surface area (Å²) in [6.07, 6.45) is 1.15. The first-order chi connectivity index (χ1) is 6.01.